The number of hydrogen-bond acceptors (Lipinski definition) is 5. The average molecular weight is 361 g/mol. The number of nitrogens with zero attached hydrogens (tertiary/aromatic N) is 3. The van der Waals surface area contributed by atoms with Crippen molar-refractivity contribution in [3.8, 4) is 0 Å². The minimum atomic E-state index is -2.85. The summed E-state index contributed by atoms with van der Waals surface area (Å²) >= 11 is 0. The summed E-state index contributed by atoms with van der Waals surface area (Å²) in [4.78, 5) is 26.5. The number of benzene rings is 2. The van der Waals surface area contributed by atoms with Crippen molar-refractivity contribution in [3.63, 3.8) is 0 Å². The molecule has 3 rings (SSSR count). The Kier molecular flexibility index (Phi) is 4.61. The molecule has 0 fully saturated rings. The standard InChI is InChI=1S/C17H13F2N3O4/c1-10-6-7-11(8-14(10)22(24)25)16(23)26-9-15-20-12-4-2-3-5-13(12)21(15)17(18)19/h2-8,17H,9H2,1H3. The molecule has 0 amide bonds. The summed E-state index contributed by atoms with van der Waals surface area (Å²) in [6, 6.07) is 10.2. The van der Waals surface area contributed by atoms with Crippen molar-refractivity contribution in [1.82, 2.24) is 9.55 Å². The van der Waals surface area contributed by atoms with Crippen molar-refractivity contribution in [3.05, 3.63) is 69.5 Å². The number of aryl methyl sites for hydroxylation is 1. The van der Waals surface area contributed by atoms with E-state index in [1.165, 1.54) is 25.1 Å². The number of hydrogen-bond donors (Lipinski definition) is 0. The monoisotopic (exact) mass is 361 g/mol. The molecule has 0 aliphatic carbocycles. The number of para-hydroxylation sites is 2. The van der Waals surface area contributed by atoms with Gasteiger partial charge in [0.25, 0.3) is 5.69 Å². The fraction of sp³-hybridized carbons (Fsp3) is 0.176. The summed E-state index contributed by atoms with van der Waals surface area (Å²) in [5.74, 6) is -0.975. The number of carbonyl (C=O) groups excluding carboxylic acids is 1. The van der Waals surface area contributed by atoms with Crippen LogP contribution in [0.4, 0.5) is 14.5 Å². The molecule has 0 radical (unpaired) electrons. The molecule has 26 heavy (non-hydrogen) atoms. The van der Waals surface area contributed by atoms with Crippen LogP contribution in [-0.4, -0.2) is 20.4 Å². The van der Waals surface area contributed by atoms with Crippen LogP contribution in [0.25, 0.3) is 11.0 Å². The minimum Gasteiger partial charge on any atom is -0.454 e. The van der Waals surface area contributed by atoms with Gasteiger partial charge in [-0.3, -0.25) is 14.7 Å². The van der Waals surface area contributed by atoms with Crippen molar-refractivity contribution in [2.45, 2.75) is 20.1 Å². The third kappa shape index (κ3) is 3.23. The quantitative estimate of drug-likeness (QED) is 0.389. The van der Waals surface area contributed by atoms with Crippen LogP contribution in [0, 0.1) is 17.0 Å². The number of alkyl halides is 2. The Morgan fingerprint density at radius 3 is 2.73 bits per heavy atom. The van der Waals surface area contributed by atoms with Gasteiger partial charge in [0.15, 0.2) is 5.82 Å². The summed E-state index contributed by atoms with van der Waals surface area (Å²) in [6.45, 7) is -1.80. The van der Waals surface area contributed by atoms with Crippen molar-refractivity contribution in [2.75, 3.05) is 0 Å². The maximum absolute atomic E-state index is 13.3. The molecule has 0 unspecified atom stereocenters. The smallest absolute Gasteiger partial charge is 0.338 e. The highest BCUT2D eigenvalue weighted by atomic mass is 19.3. The van der Waals surface area contributed by atoms with Crippen LogP contribution in [0.5, 0.6) is 0 Å². The number of rotatable bonds is 5. The lowest BCUT2D eigenvalue weighted by molar-refractivity contribution is -0.385. The van der Waals surface area contributed by atoms with Gasteiger partial charge in [0.05, 0.1) is 21.5 Å². The highest BCUT2D eigenvalue weighted by molar-refractivity contribution is 5.90. The van der Waals surface area contributed by atoms with E-state index in [0.29, 0.717) is 15.6 Å². The zero-order chi connectivity index (χ0) is 18.8. The highest BCUT2D eigenvalue weighted by Crippen LogP contribution is 2.24. The van der Waals surface area contributed by atoms with Crippen LogP contribution >= 0.6 is 0 Å². The van der Waals surface area contributed by atoms with Gasteiger partial charge in [-0.15, -0.1) is 0 Å². The molecule has 0 bridgehead atoms. The van der Waals surface area contributed by atoms with Crippen LogP contribution in [0.2, 0.25) is 0 Å². The number of fused-ring (bicyclic) bond motifs is 1. The van der Waals surface area contributed by atoms with Crippen molar-refractivity contribution in [1.29, 1.82) is 0 Å². The molecular weight excluding hydrogens is 348 g/mol. The topological polar surface area (TPSA) is 87.3 Å². The first kappa shape index (κ1) is 17.5. The lowest BCUT2D eigenvalue weighted by atomic mass is 10.1. The average Bonchev–Trinajstić information content (AvgIpc) is 2.98. The number of nitro benzene ring substituents is 1. The van der Waals surface area contributed by atoms with Crippen LogP contribution in [0.15, 0.2) is 42.5 Å². The lowest BCUT2D eigenvalue weighted by Crippen LogP contribution is -2.11. The second kappa shape index (κ2) is 6.87. The second-order valence-corrected chi connectivity index (χ2v) is 5.50. The Hall–Kier alpha value is -3.36. The molecule has 0 saturated carbocycles. The van der Waals surface area contributed by atoms with E-state index in [-0.39, 0.29) is 22.6 Å². The Balaban J connectivity index is 1.84. The largest absolute Gasteiger partial charge is 0.454 e. The molecule has 7 nitrogen and oxygen atoms in total. The summed E-state index contributed by atoms with van der Waals surface area (Å²) in [5.41, 5.74) is 0.705. The number of carbonyl (C=O) groups is 1. The predicted molar refractivity (Wildman–Crippen MR) is 87.9 cm³/mol. The van der Waals surface area contributed by atoms with E-state index in [4.69, 9.17) is 4.74 Å². The van der Waals surface area contributed by atoms with E-state index in [1.807, 2.05) is 0 Å². The molecule has 0 aliphatic heterocycles. The summed E-state index contributed by atoms with van der Waals surface area (Å²) < 4.78 is 32.4. The van der Waals surface area contributed by atoms with Gasteiger partial charge in [-0.05, 0) is 25.1 Å². The van der Waals surface area contributed by atoms with E-state index in [9.17, 15) is 23.7 Å². The highest BCUT2D eigenvalue weighted by Gasteiger charge is 2.20. The number of esters is 1. The van der Waals surface area contributed by atoms with Gasteiger partial charge in [-0.1, -0.05) is 18.2 Å². The molecule has 0 atom stereocenters. The molecule has 3 aromatic rings. The SMILES string of the molecule is Cc1ccc(C(=O)OCc2nc3ccccc3n2C(F)F)cc1[N+](=O)[O-]. The van der Waals surface area contributed by atoms with Crippen LogP contribution < -0.4 is 0 Å². The molecule has 0 aliphatic rings. The Morgan fingerprint density at radius 1 is 1.31 bits per heavy atom. The maximum atomic E-state index is 13.3. The Morgan fingerprint density at radius 2 is 2.04 bits per heavy atom. The van der Waals surface area contributed by atoms with Crippen molar-refractivity contribution < 1.29 is 23.2 Å². The molecule has 0 spiro atoms. The molecule has 9 heteroatoms. The molecule has 1 heterocycles. The van der Waals surface area contributed by atoms with Crippen molar-refractivity contribution in [2.24, 2.45) is 0 Å². The molecule has 0 N–H and O–H groups in total. The number of nitro groups is 1. The van der Waals surface area contributed by atoms with E-state index in [0.717, 1.165) is 6.07 Å². The van der Waals surface area contributed by atoms with Crippen LogP contribution in [0.3, 0.4) is 0 Å². The number of aromatic nitrogens is 2. The summed E-state index contributed by atoms with van der Waals surface area (Å²) in [5, 5.41) is 11.0. The predicted octanol–water partition coefficient (Wildman–Crippen LogP) is 4.01. The summed E-state index contributed by atoms with van der Waals surface area (Å²) in [6.07, 6.45) is 0. The zero-order valence-electron chi connectivity index (χ0n) is 13.6. The Bertz CT molecular complexity index is 1000. The van der Waals surface area contributed by atoms with Gasteiger partial charge in [-0.25, -0.2) is 9.78 Å². The lowest BCUT2D eigenvalue weighted by Gasteiger charge is -2.09. The van der Waals surface area contributed by atoms with Crippen LogP contribution in [-0.2, 0) is 11.3 Å². The van der Waals surface area contributed by atoms with Crippen LogP contribution in [0.1, 0.15) is 28.3 Å². The van der Waals surface area contributed by atoms with E-state index < -0.39 is 24.0 Å². The third-order valence-electron chi connectivity index (χ3n) is 3.84. The molecule has 1 aromatic heterocycles. The first-order valence-corrected chi connectivity index (χ1v) is 7.54. The fourth-order valence-electron chi connectivity index (χ4n) is 2.56. The van der Waals surface area contributed by atoms with Gasteiger partial charge in [0, 0.05) is 11.6 Å². The van der Waals surface area contributed by atoms with Gasteiger partial charge in [0.1, 0.15) is 6.61 Å². The Labute approximate surface area is 146 Å². The van der Waals surface area contributed by atoms with Gasteiger partial charge in [-0.2, -0.15) is 8.78 Å². The third-order valence-corrected chi connectivity index (χ3v) is 3.84. The maximum Gasteiger partial charge on any atom is 0.338 e. The van der Waals surface area contributed by atoms with Crippen molar-refractivity contribution >= 4 is 22.7 Å². The number of imidazole rings is 1. The minimum absolute atomic E-state index is 0.0398. The number of ether oxygens (including phenoxy) is 1. The molecular formula is C17H13F2N3O4. The molecule has 2 aromatic carbocycles. The molecule has 0 saturated heterocycles. The fourth-order valence-corrected chi connectivity index (χ4v) is 2.56. The molecule has 134 valence electrons. The first-order chi connectivity index (χ1) is 12.4. The van der Waals surface area contributed by atoms with E-state index >= 15 is 0 Å². The summed E-state index contributed by atoms with van der Waals surface area (Å²) in [7, 11) is 0. The van der Waals surface area contributed by atoms with Gasteiger partial charge >= 0.3 is 12.5 Å². The second-order valence-electron chi connectivity index (χ2n) is 5.50. The normalized spacial score (nSPS) is 11.1. The van der Waals surface area contributed by atoms with Gasteiger partial charge in [0.2, 0.25) is 0 Å². The van der Waals surface area contributed by atoms with E-state index in [1.54, 1.807) is 18.2 Å². The number of halogens is 2. The van der Waals surface area contributed by atoms with E-state index in [2.05, 4.69) is 4.98 Å². The first-order valence-electron chi connectivity index (χ1n) is 7.54. The van der Waals surface area contributed by atoms with Gasteiger partial charge < -0.3 is 4.74 Å². The zero-order valence-corrected chi connectivity index (χ0v) is 13.6.